The molecule has 4 aromatic rings. The van der Waals surface area contributed by atoms with Crippen molar-refractivity contribution >= 4 is 11.3 Å². The number of imidazole rings is 1. The Kier molecular flexibility index (Phi) is 5.90. The summed E-state index contributed by atoms with van der Waals surface area (Å²) in [5.74, 6) is 0.630. The Morgan fingerprint density at radius 3 is 2.67 bits per heavy atom. The molecule has 0 saturated heterocycles. The van der Waals surface area contributed by atoms with Gasteiger partial charge in [0.25, 0.3) is 0 Å². The highest BCUT2D eigenvalue weighted by molar-refractivity contribution is 5.69. The van der Waals surface area contributed by atoms with Crippen molar-refractivity contribution in [3.05, 3.63) is 61.2 Å². The highest BCUT2D eigenvalue weighted by Gasteiger charge is 2.09. The molecule has 0 spiro atoms. The van der Waals surface area contributed by atoms with E-state index in [-0.39, 0.29) is 0 Å². The molecule has 4 rings (SSSR count). The average molecular weight is 403 g/mol. The van der Waals surface area contributed by atoms with Crippen molar-refractivity contribution in [1.82, 2.24) is 24.3 Å². The van der Waals surface area contributed by atoms with Crippen LogP contribution in [0.3, 0.4) is 0 Å². The summed E-state index contributed by atoms with van der Waals surface area (Å²) in [6.07, 6.45) is 8.42. The summed E-state index contributed by atoms with van der Waals surface area (Å²) < 4.78 is 7.78. The number of anilines is 1. The van der Waals surface area contributed by atoms with E-state index in [1.54, 1.807) is 12.4 Å². The Morgan fingerprint density at radius 2 is 1.90 bits per heavy atom. The number of hydrogen-bond donors (Lipinski definition) is 1. The van der Waals surface area contributed by atoms with Gasteiger partial charge in [-0.15, -0.1) is 0 Å². The third kappa shape index (κ3) is 4.41. The van der Waals surface area contributed by atoms with Gasteiger partial charge in [0.2, 0.25) is 5.88 Å². The molecule has 3 heterocycles. The number of ether oxygens (including phenoxy) is 1. The minimum atomic E-state index is 0.630. The molecular formula is C23H26N6O. The molecule has 0 aliphatic carbocycles. The van der Waals surface area contributed by atoms with E-state index in [4.69, 9.17) is 4.74 Å². The number of nitrogens with one attached hydrogen (secondary N) is 1. The standard InChI is InChI=1S/C23H26N6O/c1-24-19-7-4-6-17(12-19)21-14-26-22-15-25-20(16-29(21)22)18-8-9-23(27-13-18)30-11-5-10-28(2)3/h4,6-9,12-16,24H,5,10-11H2,1-3H3. The first-order chi connectivity index (χ1) is 14.6. The number of hydrogen-bond acceptors (Lipinski definition) is 6. The smallest absolute Gasteiger partial charge is 0.213 e. The predicted molar refractivity (Wildman–Crippen MR) is 120 cm³/mol. The molecule has 0 atom stereocenters. The SMILES string of the molecule is CNc1cccc(-c2cnc3cnc(-c4ccc(OCCCN(C)C)nc4)cn23)c1. The lowest BCUT2D eigenvalue weighted by molar-refractivity contribution is 0.273. The van der Waals surface area contributed by atoms with Gasteiger partial charge in [-0.1, -0.05) is 12.1 Å². The van der Waals surface area contributed by atoms with Crippen LogP contribution in [0.1, 0.15) is 6.42 Å². The normalized spacial score (nSPS) is 11.2. The molecule has 3 aromatic heterocycles. The lowest BCUT2D eigenvalue weighted by Gasteiger charge is -2.10. The van der Waals surface area contributed by atoms with E-state index in [1.165, 1.54) is 0 Å². The van der Waals surface area contributed by atoms with Crippen LogP contribution in [0.2, 0.25) is 0 Å². The van der Waals surface area contributed by atoms with Crippen molar-refractivity contribution in [3.8, 4) is 28.4 Å². The molecular weight excluding hydrogens is 376 g/mol. The van der Waals surface area contributed by atoms with Crippen LogP contribution < -0.4 is 10.1 Å². The molecule has 0 bridgehead atoms. The zero-order chi connectivity index (χ0) is 20.9. The Hall–Kier alpha value is -3.45. The monoisotopic (exact) mass is 402 g/mol. The molecule has 1 aromatic carbocycles. The number of nitrogens with zero attached hydrogens (tertiary/aromatic N) is 5. The number of fused-ring (bicyclic) bond motifs is 1. The quantitative estimate of drug-likeness (QED) is 0.452. The van der Waals surface area contributed by atoms with Crippen molar-refractivity contribution in [2.45, 2.75) is 6.42 Å². The first kappa shape index (κ1) is 19.8. The molecule has 0 fully saturated rings. The maximum Gasteiger partial charge on any atom is 0.213 e. The van der Waals surface area contributed by atoms with Gasteiger partial charge in [-0.05, 0) is 38.7 Å². The molecule has 0 amide bonds. The summed E-state index contributed by atoms with van der Waals surface area (Å²) in [4.78, 5) is 15.6. The van der Waals surface area contributed by atoms with Crippen molar-refractivity contribution in [1.29, 1.82) is 0 Å². The van der Waals surface area contributed by atoms with E-state index >= 15 is 0 Å². The maximum absolute atomic E-state index is 5.72. The second-order valence-corrected chi connectivity index (χ2v) is 7.37. The molecule has 0 aliphatic heterocycles. The van der Waals surface area contributed by atoms with E-state index in [1.807, 2.05) is 43.7 Å². The van der Waals surface area contributed by atoms with Crippen LogP contribution in [0.4, 0.5) is 5.69 Å². The number of benzene rings is 1. The third-order valence-corrected chi connectivity index (χ3v) is 4.87. The van der Waals surface area contributed by atoms with Gasteiger partial charge in [0.05, 0.1) is 30.4 Å². The lowest BCUT2D eigenvalue weighted by Crippen LogP contribution is -2.15. The fraction of sp³-hybridized carbons (Fsp3) is 0.261. The van der Waals surface area contributed by atoms with Crippen molar-refractivity contribution in [3.63, 3.8) is 0 Å². The molecule has 7 nitrogen and oxygen atoms in total. The van der Waals surface area contributed by atoms with Crippen LogP contribution in [0.5, 0.6) is 5.88 Å². The summed E-state index contributed by atoms with van der Waals surface area (Å²) in [5.41, 5.74) is 5.73. The number of pyridine rings is 1. The molecule has 1 N–H and O–H groups in total. The van der Waals surface area contributed by atoms with Gasteiger partial charge < -0.3 is 15.0 Å². The Bertz CT molecular complexity index is 1120. The topological polar surface area (TPSA) is 67.6 Å². The molecule has 30 heavy (non-hydrogen) atoms. The lowest BCUT2D eigenvalue weighted by atomic mass is 10.1. The van der Waals surface area contributed by atoms with Crippen molar-refractivity contribution in [2.75, 3.05) is 39.6 Å². The second-order valence-electron chi connectivity index (χ2n) is 7.37. The predicted octanol–water partition coefficient (Wildman–Crippen LogP) is 3.83. The minimum Gasteiger partial charge on any atom is -0.478 e. The van der Waals surface area contributed by atoms with E-state index in [0.29, 0.717) is 12.5 Å². The first-order valence-corrected chi connectivity index (χ1v) is 9.99. The van der Waals surface area contributed by atoms with Gasteiger partial charge in [0.1, 0.15) is 0 Å². The van der Waals surface area contributed by atoms with Gasteiger partial charge in [-0.3, -0.25) is 9.38 Å². The van der Waals surface area contributed by atoms with E-state index in [9.17, 15) is 0 Å². The van der Waals surface area contributed by atoms with Crippen molar-refractivity contribution in [2.24, 2.45) is 0 Å². The van der Waals surface area contributed by atoms with Gasteiger partial charge in [-0.25, -0.2) is 9.97 Å². The fourth-order valence-corrected chi connectivity index (χ4v) is 3.26. The summed E-state index contributed by atoms with van der Waals surface area (Å²) in [6.45, 7) is 1.64. The summed E-state index contributed by atoms with van der Waals surface area (Å²) >= 11 is 0. The average Bonchev–Trinajstić information content (AvgIpc) is 3.20. The summed E-state index contributed by atoms with van der Waals surface area (Å²) in [7, 11) is 6.03. The zero-order valence-corrected chi connectivity index (χ0v) is 17.5. The highest BCUT2D eigenvalue weighted by Crippen LogP contribution is 2.25. The van der Waals surface area contributed by atoms with E-state index in [0.717, 1.165) is 46.8 Å². The van der Waals surface area contributed by atoms with E-state index in [2.05, 4.69) is 55.8 Å². The Balaban J connectivity index is 1.56. The van der Waals surface area contributed by atoms with Crippen LogP contribution in [0.15, 0.2) is 61.2 Å². The minimum absolute atomic E-state index is 0.630. The number of rotatable bonds is 8. The molecule has 154 valence electrons. The Labute approximate surface area is 176 Å². The van der Waals surface area contributed by atoms with Gasteiger partial charge >= 0.3 is 0 Å². The first-order valence-electron chi connectivity index (χ1n) is 9.99. The van der Waals surface area contributed by atoms with E-state index < -0.39 is 0 Å². The van der Waals surface area contributed by atoms with Gasteiger partial charge in [-0.2, -0.15) is 0 Å². The largest absolute Gasteiger partial charge is 0.478 e. The van der Waals surface area contributed by atoms with Crippen LogP contribution in [-0.2, 0) is 0 Å². The fourth-order valence-electron chi connectivity index (χ4n) is 3.26. The zero-order valence-electron chi connectivity index (χ0n) is 17.5. The Morgan fingerprint density at radius 1 is 1.00 bits per heavy atom. The highest BCUT2D eigenvalue weighted by atomic mass is 16.5. The molecule has 0 radical (unpaired) electrons. The molecule has 0 aliphatic rings. The molecule has 0 saturated carbocycles. The third-order valence-electron chi connectivity index (χ3n) is 4.87. The van der Waals surface area contributed by atoms with Crippen LogP contribution in [-0.4, -0.2) is 58.5 Å². The van der Waals surface area contributed by atoms with Gasteiger partial charge in [0, 0.05) is 48.9 Å². The summed E-state index contributed by atoms with van der Waals surface area (Å²) in [6, 6.07) is 12.1. The molecule has 7 heteroatoms. The maximum atomic E-state index is 5.72. The van der Waals surface area contributed by atoms with Gasteiger partial charge in [0.15, 0.2) is 5.65 Å². The van der Waals surface area contributed by atoms with Crippen LogP contribution >= 0.6 is 0 Å². The van der Waals surface area contributed by atoms with Crippen LogP contribution in [0, 0.1) is 0 Å². The van der Waals surface area contributed by atoms with Crippen molar-refractivity contribution < 1.29 is 4.74 Å². The number of aromatic nitrogens is 4. The molecule has 0 unspecified atom stereocenters. The van der Waals surface area contributed by atoms with Crippen LogP contribution in [0.25, 0.3) is 28.2 Å². The summed E-state index contributed by atoms with van der Waals surface area (Å²) in [5, 5.41) is 3.18. The second kappa shape index (κ2) is 8.92.